The van der Waals surface area contributed by atoms with Gasteiger partial charge in [-0.2, -0.15) is 18.4 Å². The number of carbonyl (C=O) groups is 1. The normalized spacial score (nSPS) is 12.3. The summed E-state index contributed by atoms with van der Waals surface area (Å²) in [6.07, 6.45) is -2.56. The highest BCUT2D eigenvalue weighted by Crippen LogP contribution is 2.34. The Bertz CT molecular complexity index is 1730. The summed E-state index contributed by atoms with van der Waals surface area (Å²) in [6.45, 7) is 5.20. The van der Waals surface area contributed by atoms with Crippen molar-refractivity contribution in [2.75, 3.05) is 5.32 Å². The van der Waals surface area contributed by atoms with E-state index in [-0.39, 0.29) is 29.4 Å². The van der Waals surface area contributed by atoms with Gasteiger partial charge < -0.3 is 20.5 Å². The third-order valence-electron chi connectivity index (χ3n) is 7.80. The van der Waals surface area contributed by atoms with Crippen LogP contribution in [0.1, 0.15) is 47.4 Å². The fourth-order valence-corrected chi connectivity index (χ4v) is 5.27. The molecule has 0 saturated heterocycles. The molecule has 4 aromatic rings. The van der Waals surface area contributed by atoms with Gasteiger partial charge in [-0.15, -0.1) is 0 Å². The average Bonchev–Trinajstić information content (AvgIpc) is 3.43. The Morgan fingerprint density at radius 2 is 1.82 bits per heavy atom. The summed E-state index contributed by atoms with van der Waals surface area (Å²) < 4.78 is 43.7. The van der Waals surface area contributed by atoms with Crippen molar-refractivity contribution >= 4 is 40.4 Å². The third kappa shape index (κ3) is 7.89. The first-order valence-electron chi connectivity index (χ1n) is 14.0. The van der Waals surface area contributed by atoms with Gasteiger partial charge in [-0.1, -0.05) is 48.0 Å². The minimum Gasteiger partial charge on any atom is -0.332 e. The second-order valence-electron chi connectivity index (χ2n) is 11.2. The summed E-state index contributed by atoms with van der Waals surface area (Å²) in [5.74, 6) is -0.257. The predicted molar refractivity (Wildman–Crippen MR) is 172 cm³/mol. The second-order valence-corrected chi connectivity index (χ2v) is 12.0. The van der Waals surface area contributed by atoms with Crippen LogP contribution in [0.3, 0.4) is 0 Å². The fraction of sp³-hybridized carbons (Fsp3) is 0.273. The lowest BCUT2D eigenvalue weighted by molar-refractivity contribution is -0.138. The summed E-state index contributed by atoms with van der Waals surface area (Å²) >= 11 is 12.0. The first-order chi connectivity index (χ1) is 21.2. The fourth-order valence-electron chi connectivity index (χ4n) is 4.81. The number of imidazole rings is 1. The lowest BCUT2D eigenvalue weighted by Crippen LogP contribution is -2.57. The van der Waals surface area contributed by atoms with Gasteiger partial charge in [0.05, 0.1) is 35.1 Å². The summed E-state index contributed by atoms with van der Waals surface area (Å²) in [7, 11) is 0. The van der Waals surface area contributed by atoms with E-state index in [1.54, 1.807) is 63.6 Å². The number of halogens is 4. The van der Waals surface area contributed by atoms with Crippen LogP contribution in [0.25, 0.3) is 0 Å². The SMILES string of the molecule is Cc1c(Cl)cccc1NC(=S)N(Cc1ccccc1C(F)(F)F)C(N)C(C)(C)C(=O)Cc1cncn1Cc1ccc(C#N)cc1. The Morgan fingerprint density at radius 1 is 1.13 bits per heavy atom. The Labute approximate surface area is 270 Å². The molecule has 1 heterocycles. The van der Waals surface area contributed by atoms with Crippen molar-refractivity contribution in [3.63, 3.8) is 0 Å². The number of alkyl halides is 3. The molecule has 1 atom stereocenters. The van der Waals surface area contributed by atoms with Crippen molar-refractivity contribution in [1.82, 2.24) is 14.5 Å². The highest BCUT2D eigenvalue weighted by atomic mass is 35.5. The largest absolute Gasteiger partial charge is 0.416 e. The van der Waals surface area contributed by atoms with Crippen molar-refractivity contribution < 1.29 is 18.0 Å². The molecule has 7 nitrogen and oxygen atoms in total. The van der Waals surface area contributed by atoms with Crippen molar-refractivity contribution in [2.45, 2.75) is 52.6 Å². The number of aromatic nitrogens is 2. The van der Waals surface area contributed by atoms with Crippen LogP contribution in [0.15, 0.2) is 79.3 Å². The molecule has 0 saturated carbocycles. The number of hydrogen-bond acceptors (Lipinski definition) is 5. The molecule has 1 unspecified atom stereocenters. The van der Waals surface area contributed by atoms with Crippen molar-refractivity contribution in [3.05, 3.63) is 118 Å². The van der Waals surface area contributed by atoms with E-state index in [1.807, 2.05) is 16.7 Å². The van der Waals surface area contributed by atoms with Crippen LogP contribution in [0.2, 0.25) is 5.02 Å². The zero-order chi connectivity index (χ0) is 32.9. The van der Waals surface area contributed by atoms with Gasteiger partial charge >= 0.3 is 6.18 Å². The molecule has 45 heavy (non-hydrogen) atoms. The van der Waals surface area contributed by atoms with Crippen molar-refractivity contribution in [3.8, 4) is 6.07 Å². The zero-order valence-electron chi connectivity index (χ0n) is 24.9. The second kappa shape index (κ2) is 13.8. The molecule has 0 aliphatic rings. The average molecular weight is 653 g/mol. The van der Waals surface area contributed by atoms with Gasteiger partial charge in [0.1, 0.15) is 5.78 Å². The van der Waals surface area contributed by atoms with Gasteiger partial charge in [0, 0.05) is 42.1 Å². The molecular weight excluding hydrogens is 621 g/mol. The van der Waals surface area contributed by atoms with Gasteiger partial charge in [-0.3, -0.25) is 4.79 Å². The maximum absolute atomic E-state index is 14.0. The molecule has 0 aliphatic carbocycles. The van der Waals surface area contributed by atoms with Gasteiger partial charge in [-0.05, 0) is 80.0 Å². The third-order valence-corrected chi connectivity index (χ3v) is 8.55. The van der Waals surface area contributed by atoms with E-state index < -0.39 is 23.3 Å². The van der Waals surface area contributed by atoms with Crippen LogP contribution in [-0.2, 0) is 30.5 Å². The number of Topliss-reactive ketones (excluding diaryl/α,β-unsaturated/α-hetero) is 1. The summed E-state index contributed by atoms with van der Waals surface area (Å²) in [5.41, 5.74) is 7.97. The van der Waals surface area contributed by atoms with Crippen LogP contribution in [-0.4, -0.2) is 31.5 Å². The number of nitrogens with one attached hydrogen (secondary N) is 1. The Hall–Kier alpha value is -4.24. The number of nitriles is 1. The Morgan fingerprint density at radius 3 is 2.49 bits per heavy atom. The summed E-state index contributed by atoms with van der Waals surface area (Å²) in [5, 5.41) is 12.7. The molecule has 0 amide bonds. The van der Waals surface area contributed by atoms with Gasteiger partial charge in [0.25, 0.3) is 0 Å². The standard InChI is InChI=1S/C33H32ClF3N6OS/c1-21-27(34)9-6-10-28(21)41-31(45)43(19-24-7-4-5-8-26(24)33(35,36)37)30(39)32(2,3)29(44)15-25-17-40-20-42(25)18-23-13-11-22(16-38)12-14-23/h4-14,17,20,30H,15,18-19,39H2,1-3H3,(H,41,45). The smallest absolute Gasteiger partial charge is 0.332 e. The number of nitrogens with two attached hydrogens (primary N) is 1. The molecule has 0 aliphatic heterocycles. The predicted octanol–water partition coefficient (Wildman–Crippen LogP) is 7.11. The van der Waals surface area contributed by atoms with E-state index in [0.29, 0.717) is 34.1 Å². The first kappa shape index (κ1) is 33.6. The summed E-state index contributed by atoms with van der Waals surface area (Å²) in [4.78, 5) is 19.5. The van der Waals surface area contributed by atoms with Crippen molar-refractivity contribution in [1.29, 1.82) is 5.26 Å². The Kier molecular flexibility index (Phi) is 10.3. The van der Waals surface area contributed by atoms with Gasteiger partial charge in [-0.25, -0.2) is 4.98 Å². The van der Waals surface area contributed by atoms with E-state index in [9.17, 15) is 18.0 Å². The minimum atomic E-state index is -4.61. The van der Waals surface area contributed by atoms with Crippen LogP contribution >= 0.6 is 23.8 Å². The molecule has 0 bridgehead atoms. The van der Waals surface area contributed by atoms with E-state index in [0.717, 1.165) is 11.6 Å². The molecule has 0 radical (unpaired) electrons. The molecule has 234 valence electrons. The highest BCUT2D eigenvalue weighted by molar-refractivity contribution is 7.80. The molecule has 3 aromatic carbocycles. The van der Waals surface area contributed by atoms with E-state index in [2.05, 4.69) is 16.4 Å². The van der Waals surface area contributed by atoms with E-state index >= 15 is 0 Å². The maximum atomic E-state index is 14.0. The number of hydrogen-bond donors (Lipinski definition) is 2. The number of carbonyl (C=O) groups excluding carboxylic acids is 1. The first-order valence-corrected chi connectivity index (χ1v) is 14.8. The van der Waals surface area contributed by atoms with Crippen LogP contribution in [0.4, 0.5) is 18.9 Å². The lowest BCUT2D eigenvalue weighted by atomic mass is 9.81. The number of rotatable bonds is 10. The van der Waals surface area contributed by atoms with E-state index in [1.165, 1.54) is 23.1 Å². The van der Waals surface area contributed by atoms with Gasteiger partial charge in [0.15, 0.2) is 5.11 Å². The minimum absolute atomic E-state index is 0.0302. The van der Waals surface area contributed by atoms with Crippen LogP contribution < -0.4 is 11.1 Å². The quantitative estimate of drug-likeness (QED) is 0.139. The molecular formula is C33H32ClF3N6OS. The number of ketones is 1. The summed E-state index contributed by atoms with van der Waals surface area (Å²) in [6, 6.07) is 19.5. The topological polar surface area (TPSA) is 100.0 Å². The molecule has 0 spiro atoms. The molecule has 12 heteroatoms. The van der Waals surface area contributed by atoms with Crippen LogP contribution in [0, 0.1) is 23.7 Å². The molecule has 3 N–H and O–H groups in total. The maximum Gasteiger partial charge on any atom is 0.416 e. The van der Waals surface area contributed by atoms with Gasteiger partial charge in [0.2, 0.25) is 0 Å². The highest BCUT2D eigenvalue weighted by Gasteiger charge is 2.40. The number of benzene rings is 3. The van der Waals surface area contributed by atoms with Crippen LogP contribution in [0.5, 0.6) is 0 Å². The monoisotopic (exact) mass is 652 g/mol. The zero-order valence-corrected chi connectivity index (χ0v) is 26.5. The van der Waals surface area contributed by atoms with E-state index in [4.69, 9.17) is 34.8 Å². The lowest BCUT2D eigenvalue weighted by Gasteiger charge is -2.40. The van der Waals surface area contributed by atoms with Crippen molar-refractivity contribution in [2.24, 2.45) is 11.1 Å². The molecule has 1 aromatic heterocycles. The molecule has 4 rings (SSSR count). The number of nitrogens with zero attached hydrogens (tertiary/aromatic N) is 4. The number of anilines is 1. The number of thiocarbonyl (C=S) groups is 1. The molecule has 0 fully saturated rings. The Balaban J connectivity index is 1.62.